The molecule has 4 rings (SSSR count). The van der Waals surface area contributed by atoms with Gasteiger partial charge in [-0.3, -0.25) is 4.79 Å². The number of nitrogens with one attached hydrogen (secondary N) is 1. The maximum Gasteiger partial charge on any atom is 0.341 e. The Morgan fingerprint density at radius 3 is 2.72 bits per heavy atom. The Labute approximate surface area is 188 Å². The van der Waals surface area contributed by atoms with Crippen molar-refractivity contribution in [3.63, 3.8) is 0 Å². The minimum atomic E-state index is -4.15. The van der Waals surface area contributed by atoms with Gasteiger partial charge in [-0.15, -0.1) is 16.4 Å². The van der Waals surface area contributed by atoms with Crippen molar-refractivity contribution in [2.75, 3.05) is 17.7 Å². The number of rotatable bonds is 8. The molecule has 9 nitrogen and oxygen atoms in total. The number of benzene rings is 1. The molecule has 0 bridgehead atoms. The smallest absolute Gasteiger partial charge is 0.341 e. The summed E-state index contributed by atoms with van der Waals surface area (Å²) in [7, 11) is -4.15. The van der Waals surface area contributed by atoms with E-state index in [0.29, 0.717) is 10.6 Å². The second kappa shape index (κ2) is 9.21. The molecule has 0 saturated carbocycles. The van der Waals surface area contributed by atoms with Gasteiger partial charge in [0.25, 0.3) is 0 Å². The predicted octanol–water partition coefficient (Wildman–Crippen LogP) is 2.80. The highest BCUT2D eigenvalue weighted by Gasteiger charge is 2.31. The fourth-order valence-electron chi connectivity index (χ4n) is 3.51. The molecule has 11 heteroatoms. The molecule has 3 aromatic rings. The predicted molar refractivity (Wildman–Crippen MR) is 117 cm³/mol. The van der Waals surface area contributed by atoms with Gasteiger partial charge in [0.1, 0.15) is 10.8 Å². The van der Waals surface area contributed by atoms with E-state index >= 15 is 0 Å². The summed E-state index contributed by atoms with van der Waals surface area (Å²) in [5.74, 6) is -2.06. The molecule has 0 atom stereocenters. The van der Waals surface area contributed by atoms with Crippen LogP contribution in [0.15, 0.2) is 40.0 Å². The SMILES string of the molecule is CCOC(=O)c1c(NC(=O)CS(=O)(=O)c2nnc(Cc3ccccc3)o2)sc2c1CCC2. The van der Waals surface area contributed by atoms with Gasteiger partial charge in [0.15, 0.2) is 0 Å². The summed E-state index contributed by atoms with van der Waals surface area (Å²) < 4.78 is 35.6. The summed E-state index contributed by atoms with van der Waals surface area (Å²) in [6.07, 6.45) is 2.74. The number of fused-ring (bicyclic) bond motifs is 1. The van der Waals surface area contributed by atoms with Gasteiger partial charge < -0.3 is 14.5 Å². The third kappa shape index (κ3) is 4.73. The molecular weight excluding hydrogens is 454 g/mol. The molecule has 0 aliphatic heterocycles. The first-order valence-electron chi connectivity index (χ1n) is 10.1. The molecule has 2 aromatic heterocycles. The topological polar surface area (TPSA) is 128 Å². The van der Waals surface area contributed by atoms with Gasteiger partial charge in [-0.25, -0.2) is 13.2 Å². The Balaban J connectivity index is 1.47. The molecule has 0 fully saturated rings. The molecule has 1 N–H and O–H groups in total. The maximum atomic E-state index is 12.6. The average Bonchev–Trinajstić information content (AvgIpc) is 3.45. The van der Waals surface area contributed by atoms with Crippen LogP contribution >= 0.6 is 11.3 Å². The van der Waals surface area contributed by atoms with Gasteiger partial charge in [0.05, 0.1) is 18.6 Å². The zero-order valence-corrected chi connectivity index (χ0v) is 18.9. The molecular formula is C21H21N3O6S2. The van der Waals surface area contributed by atoms with Gasteiger partial charge in [0, 0.05) is 4.88 Å². The molecule has 2 heterocycles. The van der Waals surface area contributed by atoms with Crippen molar-refractivity contribution < 1.29 is 27.2 Å². The quantitative estimate of drug-likeness (QED) is 0.493. The van der Waals surface area contributed by atoms with E-state index in [1.54, 1.807) is 6.92 Å². The second-order valence-electron chi connectivity index (χ2n) is 7.21. The number of nitrogens with zero attached hydrogens (tertiary/aromatic N) is 2. The third-order valence-corrected chi connectivity index (χ3v) is 7.43. The van der Waals surface area contributed by atoms with E-state index in [-0.39, 0.29) is 18.9 Å². The Morgan fingerprint density at radius 1 is 1.19 bits per heavy atom. The van der Waals surface area contributed by atoms with E-state index in [2.05, 4.69) is 15.5 Å². The summed E-state index contributed by atoms with van der Waals surface area (Å²) in [6.45, 7) is 1.90. The minimum absolute atomic E-state index is 0.134. The summed E-state index contributed by atoms with van der Waals surface area (Å²) >= 11 is 1.28. The lowest BCUT2D eigenvalue weighted by atomic mass is 10.1. The van der Waals surface area contributed by atoms with E-state index in [0.717, 1.165) is 35.3 Å². The van der Waals surface area contributed by atoms with Crippen molar-refractivity contribution in [1.82, 2.24) is 10.2 Å². The summed E-state index contributed by atoms with van der Waals surface area (Å²) in [5.41, 5.74) is 2.07. The van der Waals surface area contributed by atoms with Crippen molar-refractivity contribution in [3.05, 3.63) is 57.8 Å². The van der Waals surface area contributed by atoms with E-state index in [9.17, 15) is 18.0 Å². The standard InChI is InChI=1S/C21H21N3O6S2/c1-2-29-20(26)18-14-9-6-10-15(14)31-19(18)22-16(25)12-32(27,28)21-24-23-17(30-21)11-13-7-4-3-5-8-13/h3-5,7-8H,2,6,9-12H2,1H3,(H,22,25). The number of hydrogen-bond acceptors (Lipinski definition) is 9. The highest BCUT2D eigenvalue weighted by molar-refractivity contribution is 7.91. The van der Waals surface area contributed by atoms with Gasteiger partial charge in [-0.2, -0.15) is 0 Å². The van der Waals surface area contributed by atoms with Crippen LogP contribution < -0.4 is 5.32 Å². The van der Waals surface area contributed by atoms with Crippen molar-refractivity contribution in [3.8, 4) is 0 Å². The molecule has 1 aliphatic carbocycles. The second-order valence-corrected chi connectivity index (χ2v) is 10.2. The number of hydrogen-bond donors (Lipinski definition) is 1. The van der Waals surface area contributed by atoms with Crippen molar-refractivity contribution in [2.45, 2.75) is 37.8 Å². The van der Waals surface area contributed by atoms with E-state index < -0.39 is 32.7 Å². The highest BCUT2D eigenvalue weighted by atomic mass is 32.2. The summed E-state index contributed by atoms with van der Waals surface area (Å²) in [6, 6.07) is 9.26. The van der Waals surface area contributed by atoms with Gasteiger partial charge >= 0.3 is 11.2 Å². The number of carbonyl (C=O) groups is 2. The molecule has 1 aliphatic rings. The van der Waals surface area contributed by atoms with Crippen molar-refractivity contribution in [2.24, 2.45) is 0 Å². The molecule has 1 aromatic carbocycles. The molecule has 0 spiro atoms. The van der Waals surface area contributed by atoms with Crippen LogP contribution in [-0.4, -0.2) is 42.9 Å². The van der Waals surface area contributed by atoms with Crippen molar-refractivity contribution in [1.29, 1.82) is 0 Å². The van der Waals surface area contributed by atoms with Crippen molar-refractivity contribution >= 4 is 38.1 Å². The lowest BCUT2D eigenvalue weighted by Gasteiger charge is -2.07. The first-order chi connectivity index (χ1) is 15.4. The molecule has 1 amide bonds. The number of carbonyl (C=O) groups excluding carboxylic acids is 2. The number of esters is 1. The lowest BCUT2D eigenvalue weighted by molar-refractivity contribution is -0.113. The number of aromatic nitrogens is 2. The number of aryl methyl sites for hydroxylation is 1. The minimum Gasteiger partial charge on any atom is -0.462 e. The maximum absolute atomic E-state index is 12.6. The van der Waals surface area contributed by atoms with Crippen LogP contribution in [0.1, 0.15) is 45.6 Å². The molecule has 0 radical (unpaired) electrons. The molecule has 168 valence electrons. The Morgan fingerprint density at radius 2 is 1.97 bits per heavy atom. The normalized spacial score (nSPS) is 13.0. The average molecular weight is 476 g/mol. The number of amides is 1. The fourth-order valence-corrected chi connectivity index (χ4v) is 5.74. The third-order valence-electron chi connectivity index (χ3n) is 4.89. The van der Waals surface area contributed by atoms with Gasteiger partial charge in [-0.05, 0) is 37.3 Å². The van der Waals surface area contributed by atoms with Crippen LogP contribution in [0.2, 0.25) is 0 Å². The number of sulfone groups is 1. The lowest BCUT2D eigenvalue weighted by Crippen LogP contribution is -2.24. The van der Waals surface area contributed by atoms with Crippen LogP contribution in [0.4, 0.5) is 5.00 Å². The highest BCUT2D eigenvalue weighted by Crippen LogP contribution is 2.39. The Kier molecular flexibility index (Phi) is 6.38. The number of anilines is 1. The van der Waals surface area contributed by atoms with Gasteiger partial charge in [0.2, 0.25) is 21.6 Å². The fraction of sp³-hybridized carbons (Fsp3) is 0.333. The van der Waals surface area contributed by atoms with E-state index in [1.807, 2.05) is 30.3 Å². The number of ether oxygens (including phenoxy) is 1. The summed E-state index contributed by atoms with van der Waals surface area (Å²) in [5, 5.41) is 9.63. The van der Waals surface area contributed by atoms with Gasteiger partial charge in [-0.1, -0.05) is 35.4 Å². The molecule has 32 heavy (non-hydrogen) atoms. The first-order valence-corrected chi connectivity index (χ1v) is 12.5. The summed E-state index contributed by atoms with van der Waals surface area (Å²) in [4.78, 5) is 26.0. The van der Waals surface area contributed by atoms with E-state index in [4.69, 9.17) is 9.15 Å². The van der Waals surface area contributed by atoms with Crippen LogP contribution in [-0.2, 0) is 38.6 Å². The van der Waals surface area contributed by atoms with Crippen LogP contribution in [0.5, 0.6) is 0 Å². The number of thiophene rings is 1. The molecule has 0 saturated heterocycles. The Hall–Kier alpha value is -3.05. The zero-order chi connectivity index (χ0) is 22.7. The van der Waals surface area contributed by atoms with E-state index in [1.165, 1.54) is 11.3 Å². The zero-order valence-electron chi connectivity index (χ0n) is 17.3. The van der Waals surface area contributed by atoms with Crippen LogP contribution in [0.3, 0.4) is 0 Å². The van der Waals surface area contributed by atoms with Crippen LogP contribution in [0, 0.1) is 0 Å². The largest absolute Gasteiger partial charge is 0.462 e. The van der Waals surface area contributed by atoms with Crippen LogP contribution in [0.25, 0.3) is 0 Å². The first kappa shape index (κ1) is 22.2. The Bertz CT molecular complexity index is 1250. The molecule has 0 unspecified atom stereocenters. The monoisotopic (exact) mass is 475 g/mol.